The lowest BCUT2D eigenvalue weighted by atomic mass is 10.2. The van der Waals surface area contributed by atoms with Gasteiger partial charge in [-0.1, -0.05) is 5.16 Å². The van der Waals surface area contributed by atoms with E-state index < -0.39 is 11.7 Å². The molecule has 0 radical (unpaired) electrons. The van der Waals surface area contributed by atoms with Gasteiger partial charge in [0.25, 0.3) is 5.91 Å². The molecule has 3 N–H and O–H groups in total. The van der Waals surface area contributed by atoms with Crippen LogP contribution in [0.2, 0.25) is 0 Å². The second-order valence-electron chi connectivity index (χ2n) is 3.84. The Balaban J connectivity index is 2.11. The molecule has 19 heavy (non-hydrogen) atoms. The van der Waals surface area contributed by atoms with Gasteiger partial charge in [-0.2, -0.15) is 0 Å². The predicted molar refractivity (Wildman–Crippen MR) is 66.0 cm³/mol. The number of benzene rings is 1. The first-order valence-electron chi connectivity index (χ1n) is 5.40. The standard InChI is InChI=1S/C12H12FN3O3/c1-18-6-10-5-11(16-19-10)12(17)15-9-3-7(13)2-8(14)4-9/h2-5H,6,14H2,1H3,(H,15,17). The number of amides is 1. The Morgan fingerprint density at radius 2 is 2.26 bits per heavy atom. The average Bonchev–Trinajstić information content (AvgIpc) is 2.76. The van der Waals surface area contributed by atoms with Crippen molar-refractivity contribution in [3.05, 3.63) is 41.5 Å². The lowest BCUT2D eigenvalue weighted by molar-refractivity contribution is 0.101. The maximum Gasteiger partial charge on any atom is 0.277 e. The van der Waals surface area contributed by atoms with E-state index in [1.54, 1.807) is 0 Å². The minimum absolute atomic E-state index is 0.0786. The number of nitrogens with zero attached hydrogens (tertiary/aromatic N) is 1. The summed E-state index contributed by atoms with van der Waals surface area (Å²) in [6, 6.07) is 5.20. The van der Waals surface area contributed by atoms with E-state index in [0.29, 0.717) is 5.76 Å². The van der Waals surface area contributed by atoms with Gasteiger partial charge in [0.1, 0.15) is 12.4 Å². The van der Waals surface area contributed by atoms with E-state index in [-0.39, 0.29) is 23.7 Å². The lowest BCUT2D eigenvalue weighted by Gasteiger charge is -2.04. The van der Waals surface area contributed by atoms with Crippen molar-refractivity contribution in [2.24, 2.45) is 0 Å². The second kappa shape index (κ2) is 5.49. The van der Waals surface area contributed by atoms with Crippen LogP contribution in [-0.4, -0.2) is 18.2 Å². The van der Waals surface area contributed by atoms with Crippen LogP contribution in [0.1, 0.15) is 16.2 Å². The third-order valence-corrected chi connectivity index (χ3v) is 2.26. The molecule has 0 spiro atoms. The molecule has 1 amide bonds. The Morgan fingerprint density at radius 3 is 2.95 bits per heavy atom. The number of ether oxygens (including phenoxy) is 1. The second-order valence-corrected chi connectivity index (χ2v) is 3.84. The van der Waals surface area contributed by atoms with E-state index in [0.717, 1.165) is 12.1 Å². The summed E-state index contributed by atoms with van der Waals surface area (Å²) in [6.07, 6.45) is 0. The van der Waals surface area contributed by atoms with Gasteiger partial charge in [-0.15, -0.1) is 0 Å². The van der Waals surface area contributed by atoms with Gasteiger partial charge in [-0.25, -0.2) is 4.39 Å². The van der Waals surface area contributed by atoms with E-state index in [4.69, 9.17) is 15.0 Å². The number of methoxy groups -OCH3 is 1. The first-order valence-corrected chi connectivity index (χ1v) is 5.40. The number of nitrogen functional groups attached to an aromatic ring is 1. The molecule has 0 saturated carbocycles. The summed E-state index contributed by atoms with van der Waals surface area (Å²) in [5.41, 5.74) is 6.02. The fraction of sp³-hybridized carbons (Fsp3) is 0.167. The van der Waals surface area contributed by atoms with Gasteiger partial charge in [0.05, 0.1) is 0 Å². The van der Waals surface area contributed by atoms with Crippen molar-refractivity contribution in [3.63, 3.8) is 0 Å². The number of halogens is 1. The molecule has 1 aromatic carbocycles. The van der Waals surface area contributed by atoms with E-state index in [2.05, 4.69) is 10.5 Å². The summed E-state index contributed by atoms with van der Waals surface area (Å²) < 4.78 is 22.8. The van der Waals surface area contributed by atoms with Crippen LogP contribution in [0, 0.1) is 5.82 Å². The number of aromatic nitrogens is 1. The highest BCUT2D eigenvalue weighted by Crippen LogP contribution is 2.16. The van der Waals surface area contributed by atoms with Gasteiger partial charge in [0, 0.05) is 24.6 Å². The Kier molecular flexibility index (Phi) is 3.76. The van der Waals surface area contributed by atoms with E-state index >= 15 is 0 Å². The van der Waals surface area contributed by atoms with Crippen LogP contribution in [0.3, 0.4) is 0 Å². The van der Waals surface area contributed by atoms with Gasteiger partial charge in [-0.05, 0) is 18.2 Å². The maximum absolute atomic E-state index is 13.1. The fourth-order valence-electron chi connectivity index (χ4n) is 1.51. The molecule has 1 aromatic heterocycles. The smallest absolute Gasteiger partial charge is 0.277 e. The minimum atomic E-state index is -0.532. The summed E-state index contributed by atoms with van der Waals surface area (Å²) in [5.74, 6) is -0.627. The molecule has 0 saturated heterocycles. The van der Waals surface area contributed by atoms with Crippen molar-refractivity contribution in [1.82, 2.24) is 5.16 Å². The molecule has 0 unspecified atom stereocenters. The largest absolute Gasteiger partial charge is 0.399 e. The summed E-state index contributed by atoms with van der Waals surface area (Å²) in [7, 11) is 1.50. The SMILES string of the molecule is COCc1cc(C(=O)Nc2cc(N)cc(F)c2)no1. The first kappa shape index (κ1) is 13.0. The van der Waals surface area contributed by atoms with E-state index in [1.165, 1.54) is 19.2 Å². The van der Waals surface area contributed by atoms with Crippen LogP contribution >= 0.6 is 0 Å². The molecule has 6 nitrogen and oxygen atoms in total. The first-order chi connectivity index (χ1) is 9.08. The van der Waals surface area contributed by atoms with Gasteiger partial charge >= 0.3 is 0 Å². The number of hydrogen-bond donors (Lipinski definition) is 2. The van der Waals surface area contributed by atoms with Crippen molar-refractivity contribution in [1.29, 1.82) is 0 Å². The highest BCUT2D eigenvalue weighted by atomic mass is 19.1. The molecule has 0 fully saturated rings. The molecule has 0 aliphatic carbocycles. The summed E-state index contributed by atoms with van der Waals surface area (Å²) in [6.45, 7) is 0.215. The summed E-state index contributed by atoms with van der Waals surface area (Å²) in [5, 5.41) is 6.06. The van der Waals surface area contributed by atoms with Crippen molar-refractivity contribution in [2.45, 2.75) is 6.61 Å². The highest BCUT2D eigenvalue weighted by Gasteiger charge is 2.13. The topological polar surface area (TPSA) is 90.4 Å². The zero-order valence-electron chi connectivity index (χ0n) is 10.1. The molecule has 1 heterocycles. The molecule has 0 aliphatic rings. The molecular weight excluding hydrogens is 253 g/mol. The minimum Gasteiger partial charge on any atom is -0.399 e. The van der Waals surface area contributed by atoms with Crippen LogP contribution in [0.5, 0.6) is 0 Å². The van der Waals surface area contributed by atoms with Crippen LogP contribution in [0.25, 0.3) is 0 Å². The number of carbonyl (C=O) groups excluding carboxylic acids is 1. The number of anilines is 2. The van der Waals surface area contributed by atoms with Gasteiger partial charge in [0.2, 0.25) is 0 Å². The Hall–Kier alpha value is -2.41. The van der Waals surface area contributed by atoms with Crippen molar-refractivity contribution >= 4 is 17.3 Å². The van der Waals surface area contributed by atoms with Crippen LogP contribution in [0.4, 0.5) is 15.8 Å². The third kappa shape index (κ3) is 3.29. The predicted octanol–water partition coefficient (Wildman–Crippen LogP) is 1.79. The molecular formula is C12H12FN3O3. The van der Waals surface area contributed by atoms with Crippen LogP contribution in [0.15, 0.2) is 28.8 Å². The molecule has 0 bridgehead atoms. The van der Waals surface area contributed by atoms with Crippen LogP contribution < -0.4 is 11.1 Å². The third-order valence-electron chi connectivity index (χ3n) is 2.26. The Morgan fingerprint density at radius 1 is 1.47 bits per heavy atom. The van der Waals surface area contributed by atoms with Crippen molar-refractivity contribution in [3.8, 4) is 0 Å². The van der Waals surface area contributed by atoms with Gasteiger partial charge in [-0.3, -0.25) is 4.79 Å². The molecule has 100 valence electrons. The molecule has 2 aromatic rings. The number of carbonyl (C=O) groups is 1. The number of nitrogens with one attached hydrogen (secondary N) is 1. The zero-order valence-corrected chi connectivity index (χ0v) is 10.1. The number of nitrogens with two attached hydrogens (primary N) is 1. The van der Waals surface area contributed by atoms with Crippen molar-refractivity contribution < 1.29 is 18.4 Å². The number of rotatable bonds is 4. The maximum atomic E-state index is 13.1. The quantitative estimate of drug-likeness (QED) is 0.822. The van der Waals surface area contributed by atoms with Crippen molar-refractivity contribution in [2.75, 3.05) is 18.2 Å². The normalized spacial score (nSPS) is 10.4. The Labute approximate surface area is 108 Å². The molecule has 2 rings (SSSR count). The molecule has 0 aliphatic heterocycles. The highest BCUT2D eigenvalue weighted by molar-refractivity contribution is 6.03. The molecule has 7 heteroatoms. The lowest BCUT2D eigenvalue weighted by Crippen LogP contribution is -2.12. The number of hydrogen-bond acceptors (Lipinski definition) is 5. The zero-order chi connectivity index (χ0) is 13.8. The monoisotopic (exact) mass is 265 g/mol. The summed E-state index contributed by atoms with van der Waals surface area (Å²) in [4.78, 5) is 11.8. The van der Waals surface area contributed by atoms with Gasteiger partial charge < -0.3 is 20.3 Å². The fourth-order valence-corrected chi connectivity index (χ4v) is 1.51. The van der Waals surface area contributed by atoms with E-state index in [1.807, 2.05) is 0 Å². The van der Waals surface area contributed by atoms with Crippen LogP contribution in [-0.2, 0) is 11.3 Å². The average molecular weight is 265 g/mol. The van der Waals surface area contributed by atoms with E-state index in [9.17, 15) is 9.18 Å². The Bertz CT molecular complexity index is 577. The van der Waals surface area contributed by atoms with Gasteiger partial charge in [0.15, 0.2) is 11.5 Å². The molecule has 0 atom stereocenters. The summed E-state index contributed by atoms with van der Waals surface area (Å²) >= 11 is 0.